The number of hydrogen-bond donors (Lipinski definition) is 0. The minimum atomic E-state index is -4.71. The van der Waals surface area contributed by atoms with Gasteiger partial charge in [-0.25, -0.2) is 0 Å². The van der Waals surface area contributed by atoms with Crippen LogP contribution in [-0.2, 0) is 28.4 Å². The number of halogens is 6. The summed E-state index contributed by atoms with van der Waals surface area (Å²) < 4.78 is 84.7. The lowest BCUT2D eigenvalue weighted by Gasteiger charge is -2.08. The quantitative estimate of drug-likeness (QED) is 0.392. The third-order valence-corrected chi connectivity index (χ3v) is 5.37. The molecule has 1 amide bonds. The van der Waals surface area contributed by atoms with E-state index >= 15 is 0 Å². The second kappa shape index (κ2) is 8.77. The number of rotatable bonds is 4. The van der Waals surface area contributed by atoms with Gasteiger partial charge in [-0.1, -0.05) is 23.5 Å². The van der Waals surface area contributed by atoms with E-state index in [-0.39, 0.29) is 21.6 Å². The van der Waals surface area contributed by atoms with Crippen molar-refractivity contribution in [2.75, 3.05) is 6.61 Å². The number of hydrogen-bond acceptors (Lipinski definition) is 4. The van der Waals surface area contributed by atoms with E-state index in [1.807, 2.05) is 0 Å². The molecule has 0 spiro atoms. The fourth-order valence-electron chi connectivity index (χ4n) is 2.87. The van der Waals surface area contributed by atoms with Crippen LogP contribution in [0.15, 0.2) is 47.5 Å². The zero-order valence-corrected chi connectivity index (χ0v) is 17.1. The van der Waals surface area contributed by atoms with Crippen molar-refractivity contribution < 1.29 is 40.7 Å². The molecule has 0 unspecified atom stereocenters. The van der Waals surface area contributed by atoms with Crippen LogP contribution < -0.4 is 4.80 Å². The van der Waals surface area contributed by atoms with Crippen LogP contribution in [-0.4, -0.2) is 23.1 Å². The Kier molecular flexibility index (Phi) is 6.44. The van der Waals surface area contributed by atoms with Crippen molar-refractivity contribution in [3.05, 3.63) is 64.0 Å². The highest BCUT2D eigenvalue weighted by molar-refractivity contribution is 7.16. The molecule has 1 aromatic heterocycles. The number of fused-ring (bicyclic) bond motifs is 1. The summed E-state index contributed by atoms with van der Waals surface area (Å²) in [6.07, 6.45) is -9.41. The average molecular weight is 476 g/mol. The SMILES string of the molecule is CCOC(=O)Cn1/c(=N/C(=O)c2cccc(C(F)(F)F)c2)sc2c(C(F)(F)F)cccc21. The van der Waals surface area contributed by atoms with Crippen LogP contribution in [0.4, 0.5) is 26.3 Å². The molecular weight excluding hydrogens is 462 g/mol. The van der Waals surface area contributed by atoms with Gasteiger partial charge in [-0.3, -0.25) is 9.59 Å². The van der Waals surface area contributed by atoms with Crippen LogP contribution in [0.3, 0.4) is 0 Å². The fourth-order valence-corrected chi connectivity index (χ4v) is 4.03. The molecule has 0 atom stereocenters. The minimum absolute atomic E-state index is 0.0188. The summed E-state index contributed by atoms with van der Waals surface area (Å²) in [7, 11) is 0. The Morgan fingerprint density at radius 3 is 2.34 bits per heavy atom. The molecule has 1 heterocycles. The number of carbonyl (C=O) groups excluding carboxylic acids is 2. The fraction of sp³-hybridized carbons (Fsp3) is 0.250. The van der Waals surface area contributed by atoms with Gasteiger partial charge in [0.05, 0.1) is 28.0 Å². The van der Waals surface area contributed by atoms with E-state index in [2.05, 4.69) is 4.99 Å². The Labute approximate surface area is 180 Å². The number of alkyl halides is 6. The number of ether oxygens (including phenoxy) is 1. The highest BCUT2D eigenvalue weighted by Crippen LogP contribution is 2.36. The van der Waals surface area contributed by atoms with Crippen molar-refractivity contribution in [1.29, 1.82) is 0 Å². The zero-order valence-electron chi connectivity index (χ0n) is 16.3. The third-order valence-electron chi connectivity index (χ3n) is 4.24. The van der Waals surface area contributed by atoms with E-state index < -0.39 is 47.5 Å². The topological polar surface area (TPSA) is 60.7 Å². The first-order valence-electron chi connectivity index (χ1n) is 9.03. The molecule has 2 aromatic carbocycles. The summed E-state index contributed by atoms with van der Waals surface area (Å²) in [6.45, 7) is 1.02. The Bertz CT molecular complexity index is 1240. The third kappa shape index (κ3) is 5.01. The van der Waals surface area contributed by atoms with Gasteiger partial charge in [0.25, 0.3) is 5.91 Å². The van der Waals surface area contributed by atoms with E-state index in [0.717, 1.165) is 34.9 Å². The standard InChI is InChI=1S/C20H14F6N2O3S/c1-2-31-15(29)10-28-14-8-4-7-13(20(24,25)26)16(14)32-18(28)27-17(30)11-5-3-6-12(9-11)19(21,22)23/h3-9H,2,10H2,1H3/b27-18-. The first-order valence-corrected chi connectivity index (χ1v) is 9.85. The lowest BCUT2D eigenvalue weighted by atomic mass is 10.1. The van der Waals surface area contributed by atoms with E-state index in [1.165, 1.54) is 6.07 Å². The van der Waals surface area contributed by atoms with Crippen LogP contribution in [0.2, 0.25) is 0 Å². The van der Waals surface area contributed by atoms with Crippen LogP contribution in [0.5, 0.6) is 0 Å². The maximum Gasteiger partial charge on any atom is 0.417 e. The Balaban J connectivity index is 2.19. The molecule has 0 saturated heterocycles. The largest absolute Gasteiger partial charge is 0.465 e. The summed E-state index contributed by atoms with van der Waals surface area (Å²) in [5, 5.41) is 0. The Morgan fingerprint density at radius 1 is 1.03 bits per heavy atom. The molecule has 0 N–H and O–H groups in total. The van der Waals surface area contributed by atoms with Gasteiger partial charge >= 0.3 is 18.3 Å². The molecule has 3 rings (SSSR count). The van der Waals surface area contributed by atoms with Gasteiger partial charge in [0.1, 0.15) is 6.54 Å². The molecule has 0 aliphatic rings. The molecular formula is C20H14F6N2O3S. The maximum atomic E-state index is 13.4. The summed E-state index contributed by atoms with van der Waals surface area (Å²) >= 11 is 0.496. The molecule has 12 heteroatoms. The molecule has 0 aliphatic carbocycles. The first kappa shape index (κ1) is 23.5. The summed E-state index contributed by atoms with van der Waals surface area (Å²) in [4.78, 5) is 28.0. The second-order valence-electron chi connectivity index (χ2n) is 6.42. The van der Waals surface area contributed by atoms with Crippen molar-refractivity contribution in [2.24, 2.45) is 4.99 Å². The number of benzene rings is 2. The van der Waals surface area contributed by atoms with Crippen molar-refractivity contribution >= 4 is 33.4 Å². The number of amides is 1. The molecule has 0 radical (unpaired) electrons. The predicted molar refractivity (Wildman–Crippen MR) is 103 cm³/mol. The second-order valence-corrected chi connectivity index (χ2v) is 7.40. The zero-order chi connectivity index (χ0) is 23.7. The Hall–Kier alpha value is -3.15. The molecule has 32 heavy (non-hydrogen) atoms. The monoisotopic (exact) mass is 476 g/mol. The maximum absolute atomic E-state index is 13.4. The van der Waals surface area contributed by atoms with Crippen molar-refractivity contribution in [1.82, 2.24) is 4.57 Å². The van der Waals surface area contributed by atoms with Gasteiger partial charge < -0.3 is 9.30 Å². The lowest BCUT2D eigenvalue weighted by Crippen LogP contribution is -2.23. The molecule has 0 fully saturated rings. The van der Waals surface area contributed by atoms with Gasteiger partial charge in [0.2, 0.25) is 0 Å². The normalized spacial score (nSPS) is 12.9. The van der Waals surface area contributed by atoms with Crippen LogP contribution in [0.25, 0.3) is 10.2 Å². The van der Waals surface area contributed by atoms with Crippen molar-refractivity contribution in [3.63, 3.8) is 0 Å². The molecule has 0 bridgehead atoms. The van der Waals surface area contributed by atoms with Gasteiger partial charge in [0, 0.05) is 5.56 Å². The van der Waals surface area contributed by atoms with E-state index in [1.54, 1.807) is 6.92 Å². The minimum Gasteiger partial charge on any atom is -0.465 e. The van der Waals surface area contributed by atoms with E-state index in [4.69, 9.17) is 4.74 Å². The van der Waals surface area contributed by atoms with Crippen LogP contribution in [0.1, 0.15) is 28.4 Å². The highest BCUT2D eigenvalue weighted by atomic mass is 32.1. The lowest BCUT2D eigenvalue weighted by molar-refractivity contribution is -0.143. The molecule has 0 aliphatic heterocycles. The summed E-state index contributed by atoms with van der Waals surface area (Å²) in [6, 6.07) is 6.77. The first-order chi connectivity index (χ1) is 14.9. The Morgan fingerprint density at radius 2 is 1.72 bits per heavy atom. The van der Waals surface area contributed by atoms with Gasteiger partial charge in [0.15, 0.2) is 4.80 Å². The average Bonchev–Trinajstić information content (AvgIpc) is 3.03. The number of thiazole rings is 1. The van der Waals surface area contributed by atoms with Gasteiger partial charge in [-0.05, 0) is 37.3 Å². The number of carbonyl (C=O) groups is 2. The number of esters is 1. The molecule has 3 aromatic rings. The molecule has 5 nitrogen and oxygen atoms in total. The van der Waals surface area contributed by atoms with Gasteiger partial charge in [-0.15, -0.1) is 0 Å². The van der Waals surface area contributed by atoms with Gasteiger partial charge in [-0.2, -0.15) is 31.3 Å². The van der Waals surface area contributed by atoms with Crippen molar-refractivity contribution in [2.45, 2.75) is 25.8 Å². The van der Waals surface area contributed by atoms with E-state index in [0.29, 0.717) is 17.4 Å². The van der Waals surface area contributed by atoms with Crippen LogP contribution in [0, 0.1) is 0 Å². The summed E-state index contributed by atoms with van der Waals surface area (Å²) in [5.41, 5.74) is -2.50. The molecule has 0 saturated carbocycles. The summed E-state index contributed by atoms with van der Waals surface area (Å²) in [5.74, 6) is -1.88. The van der Waals surface area contributed by atoms with Crippen molar-refractivity contribution in [3.8, 4) is 0 Å². The number of nitrogens with zero attached hydrogens (tertiary/aromatic N) is 2. The number of aromatic nitrogens is 1. The predicted octanol–water partition coefficient (Wildman–Crippen LogP) is 5.04. The smallest absolute Gasteiger partial charge is 0.417 e. The van der Waals surface area contributed by atoms with Crippen LogP contribution >= 0.6 is 11.3 Å². The molecule has 170 valence electrons. The van der Waals surface area contributed by atoms with E-state index in [9.17, 15) is 35.9 Å². The highest BCUT2D eigenvalue weighted by Gasteiger charge is 2.34.